The molecule has 0 aliphatic carbocycles. The van der Waals surface area contributed by atoms with Gasteiger partial charge in [-0.2, -0.15) is 0 Å². The minimum absolute atomic E-state index is 0.00302. The number of ether oxygens (including phenoxy) is 1. The van der Waals surface area contributed by atoms with Gasteiger partial charge in [-0.1, -0.05) is 6.07 Å². The minimum Gasteiger partial charge on any atom is -0.377 e. The van der Waals surface area contributed by atoms with Crippen LogP contribution in [-0.2, 0) is 9.53 Å². The molecule has 18 heavy (non-hydrogen) atoms. The quantitative estimate of drug-likeness (QED) is 0.888. The molecule has 100 valence electrons. The lowest BCUT2D eigenvalue weighted by Gasteiger charge is -2.23. The van der Waals surface area contributed by atoms with Crippen molar-refractivity contribution >= 4 is 17.2 Å². The van der Waals surface area contributed by atoms with Gasteiger partial charge in [0.1, 0.15) is 6.17 Å². The molecule has 4 nitrogen and oxygen atoms in total. The first-order valence-corrected chi connectivity index (χ1v) is 7.19. The number of rotatable bonds is 5. The van der Waals surface area contributed by atoms with Crippen molar-refractivity contribution in [3.05, 3.63) is 22.4 Å². The average Bonchev–Trinajstić information content (AvgIpc) is 2.91. The van der Waals surface area contributed by atoms with Crippen molar-refractivity contribution in [2.24, 2.45) is 0 Å². The summed E-state index contributed by atoms with van der Waals surface area (Å²) in [5, 5.41) is 5.36. The topological polar surface area (TPSA) is 41.6 Å². The Labute approximate surface area is 112 Å². The highest BCUT2D eigenvalue weighted by atomic mass is 32.1. The van der Waals surface area contributed by atoms with Crippen LogP contribution in [-0.4, -0.2) is 36.1 Å². The fourth-order valence-electron chi connectivity index (χ4n) is 2.08. The molecule has 5 heteroatoms. The number of nitrogens with zero attached hydrogens (tertiary/aromatic N) is 1. The maximum atomic E-state index is 12.1. The van der Waals surface area contributed by atoms with E-state index in [1.165, 1.54) is 4.88 Å². The Kier molecular flexibility index (Phi) is 4.37. The maximum absolute atomic E-state index is 12.1. The summed E-state index contributed by atoms with van der Waals surface area (Å²) in [5.74, 6) is 0.153. The van der Waals surface area contributed by atoms with E-state index >= 15 is 0 Å². The molecule has 1 aliphatic heterocycles. The standard InChI is InChI=1S/C13H20N2O2S/c1-9(2)17-7-6-15-12(11-5-4-8-18-11)14-10(3)13(15)16/h4-5,8-10,12,14H,6-7H2,1-3H3. The van der Waals surface area contributed by atoms with Gasteiger partial charge in [0.15, 0.2) is 0 Å². The second kappa shape index (κ2) is 5.82. The number of thiophene rings is 1. The van der Waals surface area contributed by atoms with E-state index in [4.69, 9.17) is 4.74 Å². The summed E-state index contributed by atoms with van der Waals surface area (Å²) in [6.45, 7) is 7.13. The molecular formula is C13H20N2O2S. The molecule has 0 saturated carbocycles. The molecule has 1 aliphatic rings. The van der Waals surface area contributed by atoms with Gasteiger partial charge in [-0.05, 0) is 32.2 Å². The van der Waals surface area contributed by atoms with Crippen LogP contribution in [0.5, 0.6) is 0 Å². The second-order valence-corrected chi connectivity index (χ2v) is 5.74. The van der Waals surface area contributed by atoms with Crippen LogP contribution in [0.15, 0.2) is 17.5 Å². The first-order chi connectivity index (χ1) is 8.59. The molecule has 0 bridgehead atoms. The van der Waals surface area contributed by atoms with Crippen molar-refractivity contribution in [1.29, 1.82) is 0 Å². The zero-order valence-electron chi connectivity index (χ0n) is 11.1. The number of amides is 1. The van der Waals surface area contributed by atoms with Gasteiger partial charge in [-0.25, -0.2) is 0 Å². The van der Waals surface area contributed by atoms with Crippen LogP contribution < -0.4 is 5.32 Å². The maximum Gasteiger partial charge on any atom is 0.241 e. The summed E-state index contributed by atoms with van der Waals surface area (Å²) in [5.41, 5.74) is 0. The largest absolute Gasteiger partial charge is 0.377 e. The van der Waals surface area contributed by atoms with Crippen molar-refractivity contribution in [1.82, 2.24) is 10.2 Å². The first kappa shape index (κ1) is 13.5. The third-order valence-electron chi connectivity index (χ3n) is 2.97. The summed E-state index contributed by atoms with van der Waals surface area (Å²) in [6, 6.07) is 3.96. The number of hydrogen-bond acceptors (Lipinski definition) is 4. The highest BCUT2D eigenvalue weighted by Gasteiger charge is 2.37. The van der Waals surface area contributed by atoms with Crippen LogP contribution in [0.1, 0.15) is 31.8 Å². The van der Waals surface area contributed by atoms with E-state index in [2.05, 4.69) is 11.4 Å². The summed E-state index contributed by atoms with van der Waals surface area (Å²) in [4.78, 5) is 15.2. The fraction of sp³-hybridized carbons (Fsp3) is 0.615. The van der Waals surface area contributed by atoms with Crippen LogP contribution in [0.4, 0.5) is 0 Å². The Morgan fingerprint density at radius 2 is 2.33 bits per heavy atom. The molecule has 1 fully saturated rings. The predicted octanol–water partition coefficient (Wildman–Crippen LogP) is 1.99. The van der Waals surface area contributed by atoms with Crippen molar-refractivity contribution in [3.63, 3.8) is 0 Å². The second-order valence-electron chi connectivity index (χ2n) is 4.76. The van der Waals surface area contributed by atoms with E-state index in [0.29, 0.717) is 13.2 Å². The van der Waals surface area contributed by atoms with Crippen LogP contribution in [0.25, 0.3) is 0 Å². The van der Waals surface area contributed by atoms with E-state index < -0.39 is 0 Å². The van der Waals surface area contributed by atoms with Crippen LogP contribution in [0, 0.1) is 0 Å². The monoisotopic (exact) mass is 268 g/mol. The lowest BCUT2D eigenvalue weighted by molar-refractivity contribution is -0.130. The van der Waals surface area contributed by atoms with Crippen molar-refractivity contribution in [2.75, 3.05) is 13.2 Å². The van der Waals surface area contributed by atoms with Gasteiger partial charge in [-0.15, -0.1) is 11.3 Å². The number of hydrogen-bond donors (Lipinski definition) is 1. The van der Waals surface area contributed by atoms with Crippen molar-refractivity contribution in [2.45, 2.75) is 39.1 Å². The normalized spacial score (nSPS) is 24.2. The summed E-state index contributed by atoms with van der Waals surface area (Å²) < 4.78 is 5.53. The Morgan fingerprint density at radius 3 is 2.94 bits per heavy atom. The zero-order valence-corrected chi connectivity index (χ0v) is 11.9. The molecular weight excluding hydrogens is 248 g/mol. The highest BCUT2D eigenvalue weighted by molar-refractivity contribution is 7.10. The van der Waals surface area contributed by atoms with Gasteiger partial charge in [-0.3, -0.25) is 10.1 Å². The summed E-state index contributed by atoms with van der Waals surface area (Å²) in [6.07, 6.45) is 0.205. The number of carbonyl (C=O) groups excluding carboxylic acids is 1. The highest BCUT2D eigenvalue weighted by Crippen LogP contribution is 2.28. The van der Waals surface area contributed by atoms with Crippen LogP contribution in [0.2, 0.25) is 0 Å². The molecule has 1 N–H and O–H groups in total. The summed E-state index contributed by atoms with van der Waals surface area (Å²) >= 11 is 1.67. The fourth-order valence-corrected chi connectivity index (χ4v) is 2.88. The Balaban J connectivity index is 2.02. The number of carbonyl (C=O) groups is 1. The molecule has 0 radical (unpaired) electrons. The molecule has 1 aromatic heterocycles. The van der Waals surface area contributed by atoms with Gasteiger partial charge >= 0.3 is 0 Å². The predicted molar refractivity (Wildman–Crippen MR) is 72.5 cm³/mol. The molecule has 2 unspecified atom stereocenters. The van der Waals surface area contributed by atoms with Gasteiger partial charge in [0.05, 0.1) is 18.8 Å². The molecule has 0 spiro atoms. The van der Waals surface area contributed by atoms with Crippen molar-refractivity contribution in [3.8, 4) is 0 Å². The molecule has 0 aromatic carbocycles. The Bertz CT molecular complexity index is 392. The molecule has 1 saturated heterocycles. The lowest BCUT2D eigenvalue weighted by atomic mass is 10.3. The van der Waals surface area contributed by atoms with E-state index in [-0.39, 0.29) is 24.2 Å². The van der Waals surface area contributed by atoms with Gasteiger partial charge in [0.25, 0.3) is 0 Å². The van der Waals surface area contributed by atoms with E-state index in [1.807, 2.05) is 37.1 Å². The van der Waals surface area contributed by atoms with Crippen LogP contribution >= 0.6 is 11.3 Å². The molecule has 2 rings (SSSR count). The smallest absolute Gasteiger partial charge is 0.241 e. The van der Waals surface area contributed by atoms with Crippen LogP contribution in [0.3, 0.4) is 0 Å². The molecule has 1 amide bonds. The first-order valence-electron chi connectivity index (χ1n) is 6.31. The zero-order chi connectivity index (χ0) is 13.1. The summed E-state index contributed by atoms with van der Waals surface area (Å²) in [7, 11) is 0. The Morgan fingerprint density at radius 1 is 1.56 bits per heavy atom. The van der Waals surface area contributed by atoms with Crippen molar-refractivity contribution < 1.29 is 9.53 Å². The SMILES string of the molecule is CC(C)OCCN1C(=O)C(C)NC1c1cccs1. The number of nitrogens with one attached hydrogen (secondary N) is 1. The third kappa shape index (κ3) is 2.91. The molecule has 2 heterocycles. The third-order valence-corrected chi connectivity index (χ3v) is 3.89. The lowest BCUT2D eigenvalue weighted by Crippen LogP contribution is -2.33. The molecule has 1 aromatic rings. The van der Waals surface area contributed by atoms with Gasteiger partial charge < -0.3 is 9.64 Å². The van der Waals surface area contributed by atoms with E-state index in [0.717, 1.165) is 0 Å². The van der Waals surface area contributed by atoms with Gasteiger partial charge in [0, 0.05) is 11.4 Å². The average molecular weight is 268 g/mol. The minimum atomic E-state index is -0.115. The van der Waals surface area contributed by atoms with Gasteiger partial charge in [0.2, 0.25) is 5.91 Å². The van der Waals surface area contributed by atoms with E-state index in [9.17, 15) is 4.79 Å². The molecule has 2 atom stereocenters. The van der Waals surface area contributed by atoms with E-state index in [1.54, 1.807) is 11.3 Å². The Hall–Kier alpha value is -0.910.